The van der Waals surface area contributed by atoms with Crippen LogP contribution in [0.2, 0.25) is 0 Å². The Morgan fingerprint density at radius 1 is 1.38 bits per heavy atom. The van der Waals surface area contributed by atoms with Crippen molar-refractivity contribution >= 4 is 11.8 Å². The standard InChI is InChI=1S/C10H14O3/c1-6(11)9-7-4-2-3-5-8(7)13-10(9)12/h7-9H,2-5H2,1H3/t7-,8-,9-/m0/s1. The topological polar surface area (TPSA) is 43.4 Å². The second-order valence-electron chi connectivity index (χ2n) is 4.01. The Labute approximate surface area is 77.4 Å². The molecule has 1 aliphatic heterocycles. The lowest BCUT2D eigenvalue weighted by molar-refractivity contribution is -0.146. The Morgan fingerprint density at radius 3 is 2.77 bits per heavy atom. The molecule has 0 aromatic rings. The van der Waals surface area contributed by atoms with Gasteiger partial charge in [0, 0.05) is 5.92 Å². The molecule has 72 valence electrons. The Bertz CT molecular complexity index is 247. The molecule has 0 radical (unpaired) electrons. The summed E-state index contributed by atoms with van der Waals surface area (Å²) in [7, 11) is 0. The fourth-order valence-corrected chi connectivity index (χ4v) is 2.52. The van der Waals surface area contributed by atoms with Gasteiger partial charge in [-0.05, 0) is 26.2 Å². The maximum absolute atomic E-state index is 11.3. The predicted octanol–water partition coefficient (Wildman–Crippen LogP) is 1.31. The molecule has 0 aromatic carbocycles. The highest BCUT2D eigenvalue weighted by Crippen LogP contribution is 2.39. The van der Waals surface area contributed by atoms with E-state index in [-0.39, 0.29) is 23.8 Å². The van der Waals surface area contributed by atoms with Gasteiger partial charge in [-0.2, -0.15) is 0 Å². The average Bonchev–Trinajstić information content (AvgIpc) is 2.39. The quantitative estimate of drug-likeness (QED) is 0.453. The summed E-state index contributed by atoms with van der Waals surface area (Å²) in [6, 6.07) is 0. The van der Waals surface area contributed by atoms with Gasteiger partial charge in [-0.3, -0.25) is 9.59 Å². The molecule has 0 N–H and O–H groups in total. The molecule has 2 aliphatic rings. The number of Topliss-reactive ketones (excluding diaryl/α,β-unsaturated/α-hetero) is 1. The molecule has 0 spiro atoms. The summed E-state index contributed by atoms with van der Waals surface area (Å²) in [4.78, 5) is 22.5. The summed E-state index contributed by atoms with van der Waals surface area (Å²) in [5.41, 5.74) is 0. The first-order valence-electron chi connectivity index (χ1n) is 4.91. The molecule has 3 nitrogen and oxygen atoms in total. The minimum absolute atomic E-state index is 0.0283. The van der Waals surface area contributed by atoms with Crippen LogP contribution < -0.4 is 0 Å². The van der Waals surface area contributed by atoms with E-state index in [0.717, 1.165) is 25.7 Å². The van der Waals surface area contributed by atoms with Gasteiger partial charge in [0.1, 0.15) is 17.8 Å². The van der Waals surface area contributed by atoms with Crippen molar-refractivity contribution < 1.29 is 14.3 Å². The summed E-state index contributed by atoms with van der Waals surface area (Å²) in [5, 5.41) is 0. The van der Waals surface area contributed by atoms with Gasteiger partial charge in [0.2, 0.25) is 0 Å². The third-order valence-electron chi connectivity index (χ3n) is 3.14. The van der Waals surface area contributed by atoms with Crippen molar-refractivity contribution in [1.29, 1.82) is 0 Å². The zero-order valence-electron chi connectivity index (χ0n) is 7.79. The smallest absolute Gasteiger partial charge is 0.317 e. The Kier molecular flexibility index (Phi) is 2.10. The van der Waals surface area contributed by atoms with E-state index in [4.69, 9.17) is 4.74 Å². The maximum Gasteiger partial charge on any atom is 0.317 e. The second kappa shape index (κ2) is 3.13. The van der Waals surface area contributed by atoms with Crippen LogP contribution in [0.4, 0.5) is 0 Å². The molecule has 1 aliphatic carbocycles. The Morgan fingerprint density at radius 2 is 2.08 bits per heavy atom. The third-order valence-corrected chi connectivity index (χ3v) is 3.14. The van der Waals surface area contributed by atoms with E-state index in [1.54, 1.807) is 0 Å². The first-order chi connectivity index (χ1) is 6.20. The normalized spacial score (nSPS) is 38.2. The van der Waals surface area contributed by atoms with Gasteiger partial charge in [0.15, 0.2) is 0 Å². The van der Waals surface area contributed by atoms with E-state index in [1.165, 1.54) is 6.92 Å². The molecule has 0 unspecified atom stereocenters. The van der Waals surface area contributed by atoms with Crippen molar-refractivity contribution in [2.75, 3.05) is 0 Å². The zero-order chi connectivity index (χ0) is 9.42. The molecule has 1 heterocycles. The predicted molar refractivity (Wildman–Crippen MR) is 46.0 cm³/mol. The van der Waals surface area contributed by atoms with E-state index in [9.17, 15) is 9.59 Å². The van der Waals surface area contributed by atoms with Crippen LogP contribution in [0.25, 0.3) is 0 Å². The number of ether oxygens (including phenoxy) is 1. The van der Waals surface area contributed by atoms with Crippen LogP contribution in [-0.2, 0) is 14.3 Å². The highest BCUT2D eigenvalue weighted by molar-refractivity contribution is 5.99. The molecule has 3 atom stereocenters. The van der Waals surface area contributed by atoms with Crippen LogP contribution in [0.1, 0.15) is 32.6 Å². The number of fused-ring (bicyclic) bond motifs is 1. The number of carbonyl (C=O) groups excluding carboxylic acids is 2. The molecule has 1 saturated heterocycles. The fourth-order valence-electron chi connectivity index (χ4n) is 2.52. The van der Waals surface area contributed by atoms with Crippen LogP contribution >= 0.6 is 0 Å². The van der Waals surface area contributed by atoms with E-state index in [2.05, 4.69) is 0 Å². The van der Waals surface area contributed by atoms with E-state index in [1.807, 2.05) is 0 Å². The number of hydrogen-bond acceptors (Lipinski definition) is 3. The average molecular weight is 182 g/mol. The maximum atomic E-state index is 11.3. The number of rotatable bonds is 1. The molecule has 2 fully saturated rings. The van der Waals surface area contributed by atoms with Crippen molar-refractivity contribution in [2.24, 2.45) is 11.8 Å². The van der Waals surface area contributed by atoms with Crippen LogP contribution in [0.3, 0.4) is 0 Å². The lowest BCUT2D eigenvalue weighted by Crippen LogP contribution is -2.28. The SMILES string of the molecule is CC(=O)[C@@H]1C(=O)O[C@H]2CCCC[C@H]12. The van der Waals surface area contributed by atoms with Gasteiger partial charge < -0.3 is 4.74 Å². The molecular weight excluding hydrogens is 168 g/mol. The van der Waals surface area contributed by atoms with Crippen molar-refractivity contribution in [1.82, 2.24) is 0 Å². The molecule has 0 aromatic heterocycles. The number of hydrogen-bond donors (Lipinski definition) is 0. The summed E-state index contributed by atoms with van der Waals surface area (Å²) in [6.07, 6.45) is 4.21. The largest absolute Gasteiger partial charge is 0.461 e. The van der Waals surface area contributed by atoms with Crippen molar-refractivity contribution in [3.63, 3.8) is 0 Å². The number of ketones is 1. The van der Waals surface area contributed by atoms with Gasteiger partial charge >= 0.3 is 5.97 Å². The number of carbonyl (C=O) groups is 2. The first-order valence-corrected chi connectivity index (χ1v) is 4.91. The van der Waals surface area contributed by atoms with E-state index < -0.39 is 5.92 Å². The molecule has 1 saturated carbocycles. The van der Waals surface area contributed by atoms with Crippen LogP contribution in [0, 0.1) is 11.8 Å². The lowest BCUT2D eigenvalue weighted by atomic mass is 9.79. The summed E-state index contributed by atoms with van der Waals surface area (Å²) < 4.78 is 5.18. The van der Waals surface area contributed by atoms with Crippen molar-refractivity contribution in [3.05, 3.63) is 0 Å². The van der Waals surface area contributed by atoms with Gasteiger partial charge in [-0.15, -0.1) is 0 Å². The van der Waals surface area contributed by atoms with E-state index in [0.29, 0.717) is 0 Å². The first kappa shape index (κ1) is 8.73. The summed E-state index contributed by atoms with van der Waals surface area (Å²) >= 11 is 0. The third kappa shape index (κ3) is 1.36. The second-order valence-corrected chi connectivity index (χ2v) is 4.01. The van der Waals surface area contributed by atoms with Gasteiger partial charge in [0.05, 0.1) is 0 Å². The van der Waals surface area contributed by atoms with E-state index >= 15 is 0 Å². The van der Waals surface area contributed by atoms with Crippen molar-refractivity contribution in [3.8, 4) is 0 Å². The monoisotopic (exact) mass is 182 g/mol. The molecule has 13 heavy (non-hydrogen) atoms. The molecular formula is C10H14O3. The van der Waals surface area contributed by atoms with Gasteiger partial charge in [0.25, 0.3) is 0 Å². The van der Waals surface area contributed by atoms with Crippen molar-refractivity contribution in [2.45, 2.75) is 38.7 Å². The summed E-state index contributed by atoms with van der Waals surface area (Å²) in [5.74, 6) is -0.590. The van der Waals surface area contributed by atoms with Crippen LogP contribution in [0.5, 0.6) is 0 Å². The highest BCUT2D eigenvalue weighted by atomic mass is 16.6. The molecule has 2 rings (SSSR count). The fraction of sp³-hybridized carbons (Fsp3) is 0.800. The Hall–Kier alpha value is -0.860. The molecule has 3 heteroatoms. The zero-order valence-corrected chi connectivity index (χ0v) is 7.79. The molecule has 0 bridgehead atoms. The Balaban J connectivity index is 2.18. The minimum Gasteiger partial charge on any atom is -0.461 e. The molecule has 0 amide bonds. The van der Waals surface area contributed by atoms with Gasteiger partial charge in [-0.1, -0.05) is 6.42 Å². The lowest BCUT2D eigenvalue weighted by Gasteiger charge is -2.24. The highest BCUT2D eigenvalue weighted by Gasteiger charge is 2.47. The number of esters is 1. The summed E-state index contributed by atoms with van der Waals surface area (Å²) in [6.45, 7) is 1.49. The van der Waals surface area contributed by atoms with Crippen LogP contribution in [-0.4, -0.2) is 17.9 Å². The van der Waals surface area contributed by atoms with Gasteiger partial charge in [-0.25, -0.2) is 0 Å². The minimum atomic E-state index is -0.453. The van der Waals surface area contributed by atoms with Crippen LogP contribution in [0.15, 0.2) is 0 Å².